The van der Waals surface area contributed by atoms with Gasteiger partial charge in [0.1, 0.15) is 10.6 Å². The molecule has 1 fully saturated rings. The van der Waals surface area contributed by atoms with Crippen LogP contribution < -0.4 is 16.0 Å². The first-order chi connectivity index (χ1) is 9.13. The van der Waals surface area contributed by atoms with Crippen molar-refractivity contribution in [2.24, 2.45) is 0 Å². The molecule has 0 radical (unpaired) electrons. The van der Waals surface area contributed by atoms with Gasteiger partial charge in [-0.15, -0.1) is 0 Å². The van der Waals surface area contributed by atoms with E-state index in [0.29, 0.717) is 11.4 Å². The predicted molar refractivity (Wildman–Crippen MR) is 78.9 cm³/mol. The van der Waals surface area contributed by atoms with E-state index < -0.39 is 0 Å². The van der Waals surface area contributed by atoms with Crippen molar-refractivity contribution < 1.29 is 4.79 Å². The normalized spacial score (nSPS) is 15.7. The Bertz CT molecular complexity index is 441. The lowest BCUT2D eigenvalue weighted by molar-refractivity contribution is 0.0964. The van der Waals surface area contributed by atoms with Gasteiger partial charge in [-0.1, -0.05) is 0 Å². The molecule has 2 rings (SSSR count). The third kappa shape index (κ3) is 3.16. The molecule has 19 heavy (non-hydrogen) atoms. The van der Waals surface area contributed by atoms with Crippen LogP contribution in [0.4, 0.5) is 10.8 Å². The van der Waals surface area contributed by atoms with E-state index in [-0.39, 0.29) is 5.91 Å². The second kappa shape index (κ2) is 6.21. The number of rotatable bonds is 5. The Morgan fingerprint density at radius 3 is 2.84 bits per heavy atom. The van der Waals surface area contributed by atoms with Crippen molar-refractivity contribution in [1.29, 1.82) is 0 Å². The third-order valence-corrected chi connectivity index (χ3v) is 4.43. The number of likely N-dealkylation sites (N-methyl/N-ethyl adjacent to an activating group) is 1. The zero-order valence-corrected chi connectivity index (χ0v) is 12.3. The van der Waals surface area contributed by atoms with Crippen LogP contribution >= 0.6 is 11.5 Å². The van der Waals surface area contributed by atoms with Gasteiger partial charge in [0.2, 0.25) is 0 Å². The van der Waals surface area contributed by atoms with Crippen LogP contribution in [-0.4, -0.2) is 55.5 Å². The minimum atomic E-state index is -0.172. The lowest BCUT2D eigenvalue weighted by atomic mass is 10.3. The van der Waals surface area contributed by atoms with E-state index in [4.69, 9.17) is 5.73 Å². The molecule has 1 aliphatic heterocycles. The van der Waals surface area contributed by atoms with E-state index >= 15 is 0 Å². The van der Waals surface area contributed by atoms with Crippen LogP contribution in [-0.2, 0) is 0 Å². The predicted octanol–water partition coefficient (Wildman–Crippen LogP) is 0.617. The van der Waals surface area contributed by atoms with Crippen molar-refractivity contribution in [2.75, 3.05) is 50.9 Å². The number of anilines is 2. The van der Waals surface area contributed by atoms with Crippen LogP contribution in [0.1, 0.15) is 23.2 Å². The Balaban J connectivity index is 2.01. The highest BCUT2D eigenvalue weighted by atomic mass is 32.1. The van der Waals surface area contributed by atoms with Crippen molar-refractivity contribution in [3.05, 3.63) is 5.56 Å². The second-order valence-electron chi connectivity index (χ2n) is 4.80. The van der Waals surface area contributed by atoms with E-state index in [9.17, 15) is 4.79 Å². The van der Waals surface area contributed by atoms with E-state index in [0.717, 1.165) is 18.1 Å². The first-order valence-electron chi connectivity index (χ1n) is 6.54. The second-order valence-corrected chi connectivity index (χ2v) is 5.55. The van der Waals surface area contributed by atoms with Gasteiger partial charge in [-0.3, -0.25) is 4.79 Å². The summed E-state index contributed by atoms with van der Waals surface area (Å²) in [5, 5.41) is 3.45. The van der Waals surface area contributed by atoms with Crippen molar-refractivity contribution in [3.8, 4) is 0 Å². The summed E-state index contributed by atoms with van der Waals surface area (Å²) in [6.45, 7) is 4.26. The fourth-order valence-corrected chi connectivity index (χ4v) is 3.09. The molecule has 6 nitrogen and oxygen atoms in total. The highest BCUT2D eigenvalue weighted by molar-refractivity contribution is 7.11. The summed E-state index contributed by atoms with van der Waals surface area (Å²) in [6, 6.07) is 0. The van der Waals surface area contributed by atoms with Gasteiger partial charge in [0, 0.05) is 27.2 Å². The highest BCUT2D eigenvalue weighted by Crippen LogP contribution is 2.29. The summed E-state index contributed by atoms with van der Waals surface area (Å²) in [6.07, 6.45) is 2.58. The first-order valence-corrected chi connectivity index (χ1v) is 7.31. The smallest absolute Gasteiger partial charge is 0.257 e. The molecular weight excluding hydrogens is 262 g/mol. The number of nitrogen functional groups attached to an aromatic ring is 1. The van der Waals surface area contributed by atoms with Gasteiger partial charge >= 0.3 is 0 Å². The van der Waals surface area contributed by atoms with Crippen LogP contribution in [0.5, 0.6) is 0 Å². The molecule has 0 bridgehead atoms. The molecule has 0 aromatic carbocycles. The molecule has 1 amide bonds. The summed E-state index contributed by atoms with van der Waals surface area (Å²) >= 11 is 1.28. The van der Waals surface area contributed by atoms with Crippen molar-refractivity contribution in [1.82, 2.24) is 14.6 Å². The van der Waals surface area contributed by atoms with Crippen LogP contribution in [0, 0.1) is 0 Å². The average molecular weight is 283 g/mol. The number of amides is 1. The Labute approximate surface area is 117 Å². The zero-order chi connectivity index (χ0) is 13.8. The molecule has 0 unspecified atom stereocenters. The zero-order valence-electron chi connectivity index (χ0n) is 11.5. The Morgan fingerprint density at radius 2 is 2.21 bits per heavy atom. The van der Waals surface area contributed by atoms with Crippen LogP contribution in [0.15, 0.2) is 0 Å². The van der Waals surface area contributed by atoms with E-state index in [2.05, 4.69) is 19.5 Å². The lowest BCUT2D eigenvalue weighted by Gasteiger charge is -2.22. The minimum Gasteiger partial charge on any atom is -0.382 e. The summed E-state index contributed by atoms with van der Waals surface area (Å²) < 4.78 is 4.09. The molecular formula is C12H21N5OS. The number of nitrogens with one attached hydrogen (secondary N) is 1. The number of carbonyl (C=O) groups excluding carboxylic acids is 1. The van der Waals surface area contributed by atoms with Crippen LogP contribution in [0.25, 0.3) is 0 Å². The number of nitrogens with two attached hydrogens (primary N) is 1. The number of carbonyl (C=O) groups is 1. The average Bonchev–Trinajstić information content (AvgIpc) is 3.04. The van der Waals surface area contributed by atoms with Gasteiger partial charge in [0.05, 0.1) is 0 Å². The standard InChI is InChI=1S/C12H21N5OS/c1-14-11(18)9-10(13)15-19-12(9)16(2)7-8-17-5-3-4-6-17/h3-8H2,1-2H3,(H2,13,15)(H,14,18). The van der Waals surface area contributed by atoms with Gasteiger partial charge in [0.25, 0.3) is 5.91 Å². The van der Waals surface area contributed by atoms with Gasteiger partial charge in [-0.2, -0.15) is 4.37 Å². The van der Waals surface area contributed by atoms with Crippen molar-refractivity contribution in [3.63, 3.8) is 0 Å². The Morgan fingerprint density at radius 1 is 1.53 bits per heavy atom. The molecule has 1 saturated heterocycles. The van der Waals surface area contributed by atoms with E-state index in [1.165, 1.54) is 37.5 Å². The molecule has 0 atom stereocenters. The Hall–Kier alpha value is -1.34. The van der Waals surface area contributed by atoms with Crippen molar-refractivity contribution >= 4 is 28.3 Å². The molecule has 2 heterocycles. The number of aromatic nitrogens is 1. The van der Waals surface area contributed by atoms with Crippen LogP contribution in [0.2, 0.25) is 0 Å². The minimum absolute atomic E-state index is 0.172. The van der Waals surface area contributed by atoms with Gasteiger partial charge in [-0.25, -0.2) is 0 Å². The maximum Gasteiger partial charge on any atom is 0.257 e. The lowest BCUT2D eigenvalue weighted by Crippen LogP contribution is -2.32. The monoisotopic (exact) mass is 283 g/mol. The number of hydrogen-bond acceptors (Lipinski definition) is 6. The largest absolute Gasteiger partial charge is 0.382 e. The molecule has 0 spiro atoms. The molecule has 7 heteroatoms. The molecule has 0 saturated carbocycles. The topological polar surface area (TPSA) is 74.5 Å². The summed E-state index contributed by atoms with van der Waals surface area (Å²) in [4.78, 5) is 16.3. The number of hydrogen-bond donors (Lipinski definition) is 2. The highest BCUT2D eigenvalue weighted by Gasteiger charge is 2.21. The Kier molecular flexibility index (Phi) is 4.60. The van der Waals surface area contributed by atoms with Gasteiger partial charge in [0.15, 0.2) is 5.82 Å². The molecule has 1 aromatic rings. The summed E-state index contributed by atoms with van der Waals surface area (Å²) in [7, 11) is 3.59. The summed E-state index contributed by atoms with van der Waals surface area (Å²) in [5.41, 5.74) is 6.27. The molecule has 106 valence electrons. The van der Waals surface area contributed by atoms with Gasteiger partial charge < -0.3 is 20.9 Å². The molecule has 1 aliphatic rings. The SMILES string of the molecule is CNC(=O)c1c(N)nsc1N(C)CCN1CCCC1. The number of likely N-dealkylation sites (tertiary alicyclic amines) is 1. The first kappa shape index (κ1) is 14.1. The molecule has 0 aliphatic carbocycles. The van der Waals surface area contributed by atoms with Crippen molar-refractivity contribution in [2.45, 2.75) is 12.8 Å². The van der Waals surface area contributed by atoms with Crippen LogP contribution in [0.3, 0.4) is 0 Å². The third-order valence-electron chi connectivity index (χ3n) is 3.45. The maximum atomic E-state index is 11.8. The fraction of sp³-hybridized carbons (Fsp3) is 0.667. The van der Waals surface area contributed by atoms with Gasteiger partial charge in [-0.05, 0) is 37.5 Å². The summed E-state index contributed by atoms with van der Waals surface area (Å²) in [5.74, 6) is 0.140. The quantitative estimate of drug-likeness (QED) is 0.828. The van der Waals surface area contributed by atoms with E-state index in [1.54, 1.807) is 7.05 Å². The number of nitrogens with zero attached hydrogens (tertiary/aromatic N) is 3. The fourth-order valence-electron chi connectivity index (χ4n) is 2.29. The molecule has 3 N–H and O–H groups in total. The molecule has 1 aromatic heterocycles. The maximum absolute atomic E-state index is 11.8. The van der Waals surface area contributed by atoms with E-state index in [1.807, 2.05) is 7.05 Å².